The van der Waals surface area contributed by atoms with Crippen LogP contribution in [0.5, 0.6) is 0 Å². The predicted octanol–water partition coefficient (Wildman–Crippen LogP) is 4.56. The molecule has 0 amide bonds. The van der Waals surface area contributed by atoms with Crippen LogP contribution in [0.25, 0.3) is 0 Å². The summed E-state index contributed by atoms with van der Waals surface area (Å²) >= 11 is 0. The van der Waals surface area contributed by atoms with Crippen LogP contribution >= 0.6 is 0 Å². The third-order valence-electron chi connectivity index (χ3n) is 2.45. The summed E-state index contributed by atoms with van der Waals surface area (Å²) in [6.07, 6.45) is 5.20. The van der Waals surface area contributed by atoms with Crippen LogP contribution < -0.4 is 0 Å². The minimum absolute atomic E-state index is 0.842. The summed E-state index contributed by atoms with van der Waals surface area (Å²) in [7, 11) is 0. The highest BCUT2D eigenvalue weighted by Gasteiger charge is 1.98. The lowest BCUT2D eigenvalue weighted by molar-refractivity contribution is 0.581. The number of hydrogen-bond donors (Lipinski definition) is 0. The molecule has 0 aliphatic heterocycles. The largest absolute Gasteiger partial charge is 0.0744 e. The molecule has 0 fully saturated rings. The molecule has 0 heteroatoms. The van der Waals surface area contributed by atoms with Crippen molar-refractivity contribution in [2.75, 3.05) is 0 Å². The van der Waals surface area contributed by atoms with E-state index in [1.807, 2.05) is 0 Å². The molecule has 0 rings (SSSR count). The summed E-state index contributed by atoms with van der Waals surface area (Å²) in [5.41, 5.74) is 3.23. The molecule has 0 saturated heterocycles. The van der Waals surface area contributed by atoms with Gasteiger partial charge in [0.1, 0.15) is 0 Å². The second kappa shape index (κ2) is 6.28. The second-order valence-electron chi connectivity index (χ2n) is 4.24. The highest BCUT2D eigenvalue weighted by atomic mass is 14.0. The molecule has 0 aliphatic carbocycles. The molecule has 0 aliphatic rings. The zero-order valence-electron chi connectivity index (χ0n) is 9.41. The molecule has 0 aromatic carbocycles. The lowest BCUT2D eigenvalue weighted by atomic mass is 9.98. The van der Waals surface area contributed by atoms with Gasteiger partial charge < -0.3 is 0 Å². The Bertz CT molecular complexity index is 140. The van der Waals surface area contributed by atoms with Crippen LogP contribution in [0.15, 0.2) is 11.1 Å². The van der Waals surface area contributed by atoms with E-state index < -0.39 is 0 Å². The topological polar surface area (TPSA) is 0 Å². The van der Waals surface area contributed by atoms with Gasteiger partial charge in [0.05, 0.1) is 0 Å². The minimum atomic E-state index is 0.842. The third kappa shape index (κ3) is 5.40. The predicted molar refractivity (Wildman–Crippen MR) is 57.4 cm³/mol. The molecule has 0 saturated carbocycles. The van der Waals surface area contributed by atoms with E-state index in [0.717, 1.165) is 5.92 Å². The standard InChI is InChI=1S/C12H24/c1-6-7-11(4)12(5)9-8-10(2)3/h10H,6-9H2,1-5H3/b12-11+. The van der Waals surface area contributed by atoms with Crippen LogP contribution in [-0.4, -0.2) is 0 Å². The lowest BCUT2D eigenvalue weighted by Crippen LogP contribution is -1.90. The maximum absolute atomic E-state index is 2.29. The van der Waals surface area contributed by atoms with Crippen molar-refractivity contribution in [3.05, 3.63) is 11.1 Å². The molecule has 0 unspecified atom stereocenters. The monoisotopic (exact) mass is 168 g/mol. The molecule has 0 atom stereocenters. The Balaban J connectivity index is 3.82. The molecule has 0 heterocycles. The van der Waals surface area contributed by atoms with Crippen molar-refractivity contribution in [2.24, 2.45) is 5.92 Å². The van der Waals surface area contributed by atoms with E-state index in [2.05, 4.69) is 34.6 Å². The summed E-state index contributed by atoms with van der Waals surface area (Å²) in [6, 6.07) is 0. The van der Waals surface area contributed by atoms with Gasteiger partial charge in [0.15, 0.2) is 0 Å². The van der Waals surface area contributed by atoms with Crippen molar-refractivity contribution in [1.82, 2.24) is 0 Å². The van der Waals surface area contributed by atoms with Gasteiger partial charge in [-0.25, -0.2) is 0 Å². The molecule has 0 spiro atoms. The molecule has 12 heavy (non-hydrogen) atoms. The van der Waals surface area contributed by atoms with E-state index in [4.69, 9.17) is 0 Å². The zero-order valence-corrected chi connectivity index (χ0v) is 9.41. The normalized spacial score (nSPS) is 13.5. The van der Waals surface area contributed by atoms with Crippen molar-refractivity contribution < 1.29 is 0 Å². The smallest absolute Gasteiger partial charge is 0.0318 e. The molecular weight excluding hydrogens is 144 g/mol. The van der Waals surface area contributed by atoms with Gasteiger partial charge in [-0.1, -0.05) is 38.3 Å². The van der Waals surface area contributed by atoms with Crippen molar-refractivity contribution in [3.63, 3.8) is 0 Å². The van der Waals surface area contributed by atoms with Crippen LogP contribution in [0.1, 0.15) is 60.3 Å². The van der Waals surface area contributed by atoms with Gasteiger partial charge in [-0.3, -0.25) is 0 Å². The molecule has 0 aromatic heterocycles. The van der Waals surface area contributed by atoms with E-state index in [9.17, 15) is 0 Å². The molecule has 0 bridgehead atoms. The Labute approximate surface area is 78.1 Å². The van der Waals surface area contributed by atoms with Crippen molar-refractivity contribution >= 4 is 0 Å². The van der Waals surface area contributed by atoms with Gasteiger partial charge in [0, 0.05) is 0 Å². The lowest BCUT2D eigenvalue weighted by Gasteiger charge is -2.08. The average molecular weight is 168 g/mol. The summed E-state index contributed by atoms with van der Waals surface area (Å²) < 4.78 is 0. The second-order valence-corrected chi connectivity index (χ2v) is 4.24. The highest BCUT2D eigenvalue weighted by Crippen LogP contribution is 2.17. The first-order valence-electron chi connectivity index (χ1n) is 5.23. The Kier molecular flexibility index (Phi) is 6.14. The van der Waals surface area contributed by atoms with Crippen LogP contribution in [0, 0.1) is 5.92 Å². The molecule has 0 N–H and O–H groups in total. The Morgan fingerprint density at radius 3 is 1.92 bits per heavy atom. The molecular formula is C12H24. The highest BCUT2D eigenvalue weighted by molar-refractivity contribution is 5.09. The molecule has 0 nitrogen and oxygen atoms in total. The van der Waals surface area contributed by atoms with Gasteiger partial charge in [-0.05, 0) is 39.0 Å². The quantitative estimate of drug-likeness (QED) is 0.528. The molecule has 0 radical (unpaired) electrons. The van der Waals surface area contributed by atoms with Gasteiger partial charge in [-0.15, -0.1) is 0 Å². The van der Waals surface area contributed by atoms with Crippen LogP contribution in [0.3, 0.4) is 0 Å². The average Bonchev–Trinajstić information content (AvgIpc) is 2.00. The SMILES string of the molecule is CCC/C(C)=C(\C)CCC(C)C. The third-order valence-corrected chi connectivity index (χ3v) is 2.45. The fourth-order valence-electron chi connectivity index (χ4n) is 1.31. The number of hydrogen-bond acceptors (Lipinski definition) is 0. The first-order chi connectivity index (χ1) is 5.57. The minimum Gasteiger partial charge on any atom is -0.0744 e. The van der Waals surface area contributed by atoms with Gasteiger partial charge in [0.2, 0.25) is 0 Å². The fourth-order valence-corrected chi connectivity index (χ4v) is 1.31. The van der Waals surface area contributed by atoms with Crippen molar-refractivity contribution in [3.8, 4) is 0 Å². The summed E-state index contributed by atoms with van der Waals surface area (Å²) in [4.78, 5) is 0. The van der Waals surface area contributed by atoms with Crippen molar-refractivity contribution in [2.45, 2.75) is 60.3 Å². The summed E-state index contributed by atoms with van der Waals surface area (Å²) in [5, 5.41) is 0. The fraction of sp³-hybridized carbons (Fsp3) is 0.833. The van der Waals surface area contributed by atoms with Crippen LogP contribution in [0.2, 0.25) is 0 Å². The summed E-state index contributed by atoms with van der Waals surface area (Å²) in [5.74, 6) is 0.842. The first-order valence-corrected chi connectivity index (χ1v) is 5.23. The zero-order chi connectivity index (χ0) is 9.56. The Hall–Kier alpha value is -0.260. The van der Waals surface area contributed by atoms with Crippen LogP contribution in [0.4, 0.5) is 0 Å². The molecule has 72 valence electrons. The number of allylic oxidation sites excluding steroid dienone is 2. The number of rotatable bonds is 5. The maximum atomic E-state index is 2.29. The van der Waals surface area contributed by atoms with Gasteiger partial charge in [-0.2, -0.15) is 0 Å². The Morgan fingerprint density at radius 1 is 1.00 bits per heavy atom. The maximum Gasteiger partial charge on any atom is -0.0318 e. The van der Waals surface area contributed by atoms with Crippen LogP contribution in [-0.2, 0) is 0 Å². The first kappa shape index (κ1) is 11.7. The molecule has 0 aromatic rings. The summed E-state index contributed by atoms with van der Waals surface area (Å²) in [6.45, 7) is 11.4. The van der Waals surface area contributed by atoms with Gasteiger partial charge in [0.25, 0.3) is 0 Å². The van der Waals surface area contributed by atoms with E-state index >= 15 is 0 Å². The van der Waals surface area contributed by atoms with E-state index in [1.165, 1.54) is 25.7 Å². The van der Waals surface area contributed by atoms with E-state index in [-0.39, 0.29) is 0 Å². The van der Waals surface area contributed by atoms with E-state index in [0.29, 0.717) is 0 Å². The Morgan fingerprint density at radius 2 is 1.50 bits per heavy atom. The van der Waals surface area contributed by atoms with Crippen molar-refractivity contribution in [1.29, 1.82) is 0 Å². The van der Waals surface area contributed by atoms with Gasteiger partial charge >= 0.3 is 0 Å². The van der Waals surface area contributed by atoms with E-state index in [1.54, 1.807) is 11.1 Å².